The molecule has 3 aromatic rings. The normalized spacial score (nSPS) is 12.5. The largest absolute Gasteiger partial charge is 0.497 e. The number of nitrogens with zero attached hydrogens (tertiary/aromatic N) is 2. The molecule has 0 aliphatic heterocycles. The van der Waals surface area contributed by atoms with Gasteiger partial charge < -0.3 is 14.0 Å². The van der Waals surface area contributed by atoms with Gasteiger partial charge in [0.1, 0.15) is 11.5 Å². The highest BCUT2D eigenvalue weighted by molar-refractivity contribution is 7.92. The first-order valence-corrected chi connectivity index (χ1v) is 12.3. The Bertz CT molecular complexity index is 1260. The molecular formula is C22H26N2O5S2. The standard InChI is InChI=1S/C22H26N2O5S2/c1-5-29-11-10-24-19-13-15(2)12-16(3)21(19)30-22(24)23-20(25)14-31(26,27)18-8-6-17(28-4)7-9-18/h6-9,12-13H,5,10-11,14H2,1-4H3. The van der Waals surface area contributed by atoms with E-state index in [1.807, 2.05) is 31.4 Å². The first-order chi connectivity index (χ1) is 14.7. The lowest BCUT2D eigenvalue weighted by atomic mass is 10.1. The molecule has 0 radical (unpaired) electrons. The highest BCUT2D eigenvalue weighted by atomic mass is 32.2. The molecule has 0 bridgehead atoms. The molecule has 166 valence electrons. The van der Waals surface area contributed by atoms with E-state index in [1.165, 1.54) is 30.6 Å². The zero-order valence-corrected chi connectivity index (χ0v) is 19.7. The number of aryl methyl sites for hydroxylation is 2. The number of amides is 1. The molecule has 2 aromatic carbocycles. The fraction of sp³-hybridized carbons (Fsp3) is 0.364. The summed E-state index contributed by atoms with van der Waals surface area (Å²) in [6, 6.07) is 10.1. The van der Waals surface area contributed by atoms with Crippen molar-refractivity contribution in [2.45, 2.75) is 32.2 Å². The fourth-order valence-corrected chi connectivity index (χ4v) is 5.51. The maximum Gasteiger partial charge on any atom is 0.263 e. The maximum absolute atomic E-state index is 12.7. The molecule has 0 N–H and O–H groups in total. The molecule has 0 unspecified atom stereocenters. The SMILES string of the molecule is CCOCCn1c(=NC(=O)CS(=O)(=O)c2ccc(OC)cc2)sc2c(C)cc(C)cc21. The van der Waals surface area contributed by atoms with E-state index in [0.717, 1.165) is 21.3 Å². The minimum Gasteiger partial charge on any atom is -0.497 e. The number of hydrogen-bond acceptors (Lipinski definition) is 6. The number of aromatic nitrogens is 1. The van der Waals surface area contributed by atoms with Crippen molar-refractivity contribution in [2.75, 3.05) is 26.1 Å². The Morgan fingerprint density at radius 1 is 1.16 bits per heavy atom. The summed E-state index contributed by atoms with van der Waals surface area (Å²) >= 11 is 1.38. The molecule has 7 nitrogen and oxygen atoms in total. The molecule has 0 atom stereocenters. The van der Waals surface area contributed by atoms with E-state index in [9.17, 15) is 13.2 Å². The number of carbonyl (C=O) groups excluding carboxylic acids is 1. The molecule has 1 aromatic heterocycles. The Morgan fingerprint density at radius 2 is 1.87 bits per heavy atom. The van der Waals surface area contributed by atoms with E-state index in [4.69, 9.17) is 9.47 Å². The lowest BCUT2D eigenvalue weighted by molar-refractivity contribution is -0.115. The van der Waals surface area contributed by atoms with Crippen molar-refractivity contribution in [1.82, 2.24) is 4.57 Å². The molecule has 1 amide bonds. The van der Waals surface area contributed by atoms with Gasteiger partial charge in [0.05, 0.1) is 28.8 Å². The van der Waals surface area contributed by atoms with Crippen molar-refractivity contribution in [1.29, 1.82) is 0 Å². The lowest BCUT2D eigenvalue weighted by Crippen LogP contribution is -2.22. The van der Waals surface area contributed by atoms with Crippen LogP contribution in [-0.2, 0) is 25.9 Å². The minimum absolute atomic E-state index is 0.0592. The zero-order valence-electron chi connectivity index (χ0n) is 18.0. The van der Waals surface area contributed by atoms with E-state index in [-0.39, 0.29) is 4.90 Å². The number of benzene rings is 2. The van der Waals surface area contributed by atoms with Crippen molar-refractivity contribution in [3.63, 3.8) is 0 Å². The predicted octanol–water partition coefficient (Wildman–Crippen LogP) is 3.27. The van der Waals surface area contributed by atoms with E-state index in [1.54, 1.807) is 12.1 Å². The average molecular weight is 463 g/mol. The van der Waals surface area contributed by atoms with E-state index >= 15 is 0 Å². The molecule has 31 heavy (non-hydrogen) atoms. The third kappa shape index (κ3) is 5.41. The number of fused-ring (bicyclic) bond motifs is 1. The molecular weight excluding hydrogens is 436 g/mol. The Kier molecular flexibility index (Phi) is 7.30. The van der Waals surface area contributed by atoms with Crippen molar-refractivity contribution < 1.29 is 22.7 Å². The van der Waals surface area contributed by atoms with Gasteiger partial charge in [-0.1, -0.05) is 17.4 Å². The Morgan fingerprint density at radius 3 is 2.52 bits per heavy atom. The molecule has 0 fully saturated rings. The molecule has 3 rings (SSSR count). The lowest BCUT2D eigenvalue weighted by Gasteiger charge is -2.07. The second-order valence-corrected chi connectivity index (χ2v) is 10.1. The monoisotopic (exact) mass is 462 g/mol. The molecule has 0 saturated heterocycles. The summed E-state index contributed by atoms with van der Waals surface area (Å²) in [4.78, 5) is 17.3. The maximum atomic E-state index is 12.7. The summed E-state index contributed by atoms with van der Waals surface area (Å²) in [6.45, 7) is 7.53. The first-order valence-electron chi connectivity index (χ1n) is 9.88. The van der Waals surface area contributed by atoms with Crippen LogP contribution in [0.15, 0.2) is 46.3 Å². The molecule has 9 heteroatoms. The van der Waals surface area contributed by atoms with E-state index in [0.29, 0.717) is 30.3 Å². The zero-order chi connectivity index (χ0) is 22.6. The molecule has 0 spiro atoms. The molecule has 0 saturated carbocycles. The van der Waals surface area contributed by atoms with Crippen LogP contribution in [0.25, 0.3) is 10.2 Å². The minimum atomic E-state index is -3.81. The third-order valence-corrected chi connectivity index (χ3v) is 7.58. The topological polar surface area (TPSA) is 87.0 Å². The van der Waals surface area contributed by atoms with Gasteiger partial charge in [0.25, 0.3) is 5.91 Å². The van der Waals surface area contributed by atoms with Crippen LogP contribution in [0.2, 0.25) is 0 Å². The highest BCUT2D eigenvalue weighted by Crippen LogP contribution is 2.23. The van der Waals surface area contributed by atoms with E-state index < -0.39 is 21.5 Å². The van der Waals surface area contributed by atoms with Crippen LogP contribution in [0.3, 0.4) is 0 Å². The number of carbonyl (C=O) groups is 1. The quantitative estimate of drug-likeness (QED) is 0.480. The van der Waals surface area contributed by atoms with Gasteiger partial charge in [-0.15, -0.1) is 0 Å². The first kappa shape index (κ1) is 23.2. The van der Waals surface area contributed by atoms with Gasteiger partial charge in [-0.05, 0) is 62.2 Å². The number of rotatable bonds is 8. The van der Waals surface area contributed by atoms with Crippen molar-refractivity contribution in [3.8, 4) is 5.75 Å². The number of hydrogen-bond donors (Lipinski definition) is 0. The summed E-state index contributed by atoms with van der Waals surface area (Å²) < 4.78 is 38.8. The summed E-state index contributed by atoms with van der Waals surface area (Å²) in [7, 11) is -2.31. The van der Waals surface area contributed by atoms with Gasteiger partial charge >= 0.3 is 0 Å². The Hall–Kier alpha value is -2.49. The highest BCUT2D eigenvalue weighted by Gasteiger charge is 2.20. The van der Waals surface area contributed by atoms with Gasteiger partial charge in [0.15, 0.2) is 14.6 Å². The van der Waals surface area contributed by atoms with Crippen LogP contribution in [0.5, 0.6) is 5.75 Å². The van der Waals surface area contributed by atoms with Crippen LogP contribution in [0.1, 0.15) is 18.1 Å². The summed E-state index contributed by atoms with van der Waals surface area (Å²) in [5, 5.41) is 0. The Balaban J connectivity index is 1.97. The van der Waals surface area contributed by atoms with Crippen LogP contribution in [0, 0.1) is 13.8 Å². The predicted molar refractivity (Wildman–Crippen MR) is 121 cm³/mol. The third-order valence-electron chi connectivity index (χ3n) is 4.73. The second-order valence-electron chi connectivity index (χ2n) is 7.10. The van der Waals surface area contributed by atoms with Crippen LogP contribution in [0.4, 0.5) is 0 Å². The van der Waals surface area contributed by atoms with Crippen LogP contribution in [-0.4, -0.2) is 45.0 Å². The van der Waals surface area contributed by atoms with Crippen molar-refractivity contribution >= 4 is 37.3 Å². The number of sulfone groups is 1. The smallest absolute Gasteiger partial charge is 0.263 e. The Labute approximate surface area is 185 Å². The molecule has 0 aliphatic rings. The fourth-order valence-electron chi connectivity index (χ4n) is 3.28. The number of ether oxygens (including phenoxy) is 2. The van der Waals surface area contributed by atoms with Gasteiger partial charge in [0.2, 0.25) is 0 Å². The van der Waals surface area contributed by atoms with Gasteiger partial charge in [-0.2, -0.15) is 4.99 Å². The number of methoxy groups -OCH3 is 1. The molecule has 1 heterocycles. The van der Waals surface area contributed by atoms with E-state index in [2.05, 4.69) is 11.1 Å². The van der Waals surface area contributed by atoms with Gasteiger partial charge in [-0.3, -0.25) is 4.79 Å². The summed E-state index contributed by atoms with van der Waals surface area (Å²) in [6.07, 6.45) is 0. The molecule has 0 aliphatic carbocycles. The summed E-state index contributed by atoms with van der Waals surface area (Å²) in [5.41, 5.74) is 3.16. The second kappa shape index (κ2) is 9.76. The van der Waals surface area contributed by atoms with Crippen molar-refractivity contribution in [3.05, 3.63) is 52.3 Å². The number of thiazole rings is 1. The van der Waals surface area contributed by atoms with Gasteiger partial charge in [-0.25, -0.2) is 8.42 Å². The van der Waals surface area contributed by atoms with Gasteiger partial charge in [0, 0.05) is 13.2 Å². The summed E-state index contributed by atoms with van der Waals surface area (Å²) in [5.74, 6) is -0.861. The van der Waals surface area contributed by atoms with Crippen LogP contribution < -0.4 is 9.54 Å². The average Bonchev–Trinajstić information content (AvgIpc) is 3.05. The van der Waals surface area contributed by atoms with Crippen LogP contribution >= 0.6 is 11.3 Å². The van der Waals surface area contributed by atoms with Crippen molar-refractivity contribution in [2.24, 2.45) is 4.99 Å².